The molecule has 2 aromatic rings. The number of amides is 1. The Balaban J connectivity index is 1.99. The summed E-state index contributed by atoms with van der Waals surface area (Å²) in [7, 11) is -3.94. The number of hydrogen-bond acceptors (Lipinski definition) is 4. The third-order valence-electron chi connectivity index (χ3n) is 5.05. The van der Waals surface area contributed by atoms with Crippen molar-refractivity contribution in [2.45, 2.75) is 31.6 Å². The third-order valence-corrected chi connectivity index (χ3v) is 6.83. The van der Waals surface area contributed by atoms with E-state index in [1.54, 1.807) is 59.5 Å². The van der Waals surface area contributed by atoms with E-state index in [0.717, 1.165) is 12.8 Å². The number of likely N-dealkylation sites (tertiary alicyclic amines) is 1. The molecule has 0 bridgehead atoms. The Bertz CT molecular complexity index is 931. The van der Waals surface area contributed by atoms with Crippen molar-refractivity contribution in [3.8, 4) is 5.75 Å². The van der Waals surface area contributed by atoms with E-state index in [2.05, 4.69) is 6.92 Å². The highest BCUT2D eigenvalue weighted by Crippen LogP contribution is 2.32. The lowest BCUT2D eigenvalue weighted by Crippen LogP contribution is -2.46. The third kappa shape index (κ3) is 4.90. The van der Waals surface area contributed by atoms with Gasteiger partial charge in [-0.25, -0.2) is 8.42 Å². The molecule has 0 radical (unpaired) electrons. The molecule has 1 saturated heterocycles. The van der Waals surface area contributed by atoms with Gasteiger partial charge >= 0.3 is 0 Å². The quantitative estimate of drug-likeness (QED) is 0.692. The number of benzene rings is 2. The first kappa shape index (κ1) is 21.2. The molecule has 1 atom stereocenters. The van der Waals surface area contributed by atoms with Gasteiger partial charge in [0.25, 0.3) is 10.0 Å². The highest BCUT2D eigenvalue weighted by Gasteiger charge is 2.31. The molecule has 0 aromatic heterocycles. The zero-order valence-electron chi connectivity index (χ0n) is 17.0. The molecule has 0 aliphatic carbocycles. The Morgan fingerprint density at radius 1 is 1.14 bits per heavy atom. The second kappa shape index (κ2) is 9.31. The van der Waals surface area contributed by atoms with E-state index in [0.29, 0.717) is 37.1 Å². The van der Waals surface area contributed by atoms with Gasteiger partial charge in [-0.05, 0) is 49.9 Å². The van der Waals surface area contributed by atoms with Crippen molar-refractivity contribution in [2.75, 3.05) is 30.5 Å². The Morgan fingerprint density at radius 3 is 2.52 bits per heavy atom. The standard InChI is InChI=1S/C22H28N2O4S/c1-3-28-21-14-8-7-13-20(21)24(29(26,27)19-11-5-4-6-12-19)17-22(25)23-15-9-10-18(2)16-23/h4-8,11-14,18H,3,9-10,15-17H2,1-2H3. The summed E-state index contributed by atoms with van der Waals surface area (Å²) in [6.45, 7) is 5.41. The first-order valence-corrected chi connectivity index (χ1v) is 11.4. The summed E-state index contributed by atoms with van der Waals surface area (Å²) in [5, 5.41) is 0. The van der Waals surface area contributed by atoms with Crippen LogP contribution in [0, 0.1) is 5.92 Å². The normalized spacial score (nSPS) is 17.0. The Labute approximate surface area is 173 Å². The van der Waals surface area contributed by atoms with Gasteiger partial charge in [0.1, 0.15) is 12.3 Å². The molecule has 1 aliphatic heterocycles. The molecule has 1 amide bonds. The van der Waals surface area contributed by atoms with Crippen molar-refractivity contribution in [1.82, 2.24) is 4.90 Å². The van der Waals surface area contributed by atoms with Crippen molar-refractivity contribution in [2.24, 2.45) is 5.92 Å². The maximum Gasteiger partial charge on any atom is 0.264 e. The van der Waals surface area contributed by atoms with Crippen molar-refractivity contribution in [1.29, 1.82) is 0 Å². The minimum Gasteiger partial charge on any atom is -0.492 e. The maximum atomic E-state index is 13.5. The topological polar surface area (TPSA) is 66.9 Å². The van der Waals surface area contributed by atoms with Crippen LogP contribution >= 0.6 is 0 Å². The fraction of sp³-hybridized carbons (Fsp3) is 0.409. The molecule has 2 aromatic carbocycles. The van der Waals surface area contributed by atoms with Gasteiger partial charge in [-0.1, -0.05) is 37.3 Å². The summed E-state index contributed by atoms with van der Waals surface area (Å²) in [5.74, 6) is 0.666. The highest BCUT2D eigenvalue weighted by molar-refractivity contribution is 7.92. The molecule has 6 nitrogen and oxygen atoms in total. The minimum absolute atomic E-state index is 0.145. The van der Waals surface area contributed by atoms with Gasteiger partial charge in [0.15, 0.2) is 0 Å². The lowest BCUT2D eigenvalue weighted by molar-refractivity contribution is -0.131. The second-order valence-electron chi connectivity index (χ2n) is 7.31. The molecular weight excluding hydrogens is 388 g/mol. The van der Waals surface area contributed by atoms with E-state index in [1.165, 1.54) is 4.31 Å². The van der Waals surface area contributed by atoms with Crippen LogP contribution in [0.5, 0.6) is 5.75 Å². The van der Waals surface area contributed by atoms with Crippen LogP contribution in [0.25, 0.3) is 0 Å². The molecule has 156 valence electrons. The van der Waals surface area contributed by atoms with Crippen molar-refractivity contribution in [3.63, 3.8) is 0 Å². The molecule has 1 aliphatic rings. The van der Waals surface area contributed by atoms with E-state index >= 15 is 0 Å². The fourth-order valence-electron chi connectivity index (χ4n) is 3.60. The molecule has 0 saturated carbocycles. The Kier molecular flexibility index (Phi) is 6.79. The van der Waals surface area contributed by atoms with Gasteiger partial charge in [-0.3, -0.25) is 9.10 Å². The number of para-hydroxylation sites is 2. The van der Waals surface area contributed by atoms with Crippen molar-refractivity contribution < 1.29 is 17.9 Å². The van der Waals surface area contributed by atoms with Crippen molar-refractivity contribution >= 4 is 21.6 Å². The van der Waals surface area contributed by atoms with Crippen molar-refractivity contribution in [3.05, 3.63) is 54.6 Å². The van der Waals surface area contributed by atoms with Crippen LogP contribution in [0.2, 0.25) is 0 Å². The first-order valence-electron chi connectivity index (χ1n) is 10.0. The zero-order chi connectivity index (χ0) is 20.9. The van der Waals surface area contributed by atoms with Crippen LogP contribution in [0.4, 0.5) is 5.69 Å². The zero-order valence-corrected chi connectivity index (χ0v) is 17.8. The first-order chi connectivity index (χ1) is 13.9. The number of nitrogens with zero attached hydrogens (tertiary/aromatic N) is 2. The van der Waals surface area contributed by atoms with E-state index < -0.39 is 10.0 Å². The number of hydrogen-bond donors (Lipinski definition) is 0. The summed E-state index contributed by atoms with van der Waals surface area (Å²) in [4.78, 5) is 15.0. The Morgan fingerprint density at radius 2 is 1.83 bits per heavy atom. The summed E-state index contributed by atoms with van der Waals surface area (Å²) >= 11 is 0. The molecule has 29 heavy (non-hydrogen) atoms. The molecule has 1 fully saturated rings. The number of carbonyl (C=O) groups excluding carboxylic acids is 1. The molecule has 0 spiro atoms. The molecular formula is C22H28N2O4S. The van der Waals surface area contributed by atoms with Gasteiger partial charge in [0.2, 0.25) is 5.91 Å². The average Bonchev–Trinajstić information content (AvgIpc) is 2.73. The Hall–Kier alpha value is -2.54. The molecule has 0 N–H and O–H groups in total. The number of anilines is 1. The predicted molar refractivity (Wildman–Crippen MR) is 114 cm³/mol. The van der Waals surface area contributed by atoms with Crippen LogP contribution < -0.4 is 9.04 Å². The van der Waals surface area contributed by atoms with Crippen LogP contribution in [-0.4, -0.2) is 45.5 Å². The number of sulfonamides is 1. The summed E-state index contributed by atoms with van der Waals surface area (Å²) in [6.07, 6.45) is 2.02. The maximum absolute atomic E-state index is 13.5. The largest absolute Gasteiger partial charge is 0.492 e. The highest BCUT2D eigenvalue weighted by atomic mass is 32.2. The second-order valence-corrected chi connectivity index (χ2v) is 9.17. The number of rotatable bonds is 7. The van der Waals surface area contributed by atoms with Crippen LogP contribution in [0.1, 0.15) is 26.7 Å². The molecule has 7 heteroatoms. The van der Waals surface area contributed by atoms with E-state index in [9.17, 15) is 13.2 Å². The van der Waals surface area contributed by atoms with Gasteiger partial charge in [0.05, 0.1) is 17.2 Å². The van der Waals surface area contributed by atoms with Gasteiger partial charge in [-0.15, -0.1) is 0 Å². The van der Waals surface area contributed by atoms with Crippen LogP contribution in [-0.2, 0) is 14.8 Å². The van der Waals surface area contributed by atoms with Crippen LogP contribution in [0.3, 0.4) is 0 Å². The average molecular weight is 417 g/mol. The lowest BCUT2D eigenvalue weighted by atomic mass is 10.0. The van der Waals surface area contributed by atoms with Gasteiger partial charge in [0, 0.05) is 13.1 Å². The fourth-order valence-corrected chi connectivity index (χ4v) is 5.04. The molecule has 3 rings (SSSR count). The van der Waals surface area contributed by atoms with Gasteiger partial charge < -0.3 is 9.64 Å². The summed E-state index contributed by atoms with van der Waals surface area (Å²) < 4.78 is 33.8. The smallest absolute Gasteiger partial charge is 0.264 e. The van der Waals surface area contributed by atoms with E-state index in [-0.39, 0.29) is 17.3 Å². The SMILES string of the molecule is CCOc1ccccc1N(CC(=O)N1CCCC(C)C1)S(=O)(=O)c1ccccc1. The molecule has 1 unspecified atom stereocenters. The van der Waals surface area contributed by atoms with Gasteiger partial charge in [-0.2, -0.15) is 0 Å². The number of carbonyl (C=O) groups is 1. The monoisotopic (exact) mass is 416 g/mol. The van der Waals surface area contributed by atoms with E-state index in [1.807, 2.05) is 6.92 Å². The molecule has 1 heterocycles. The summed E-state index contributed by atoms with van der Waals surface area (Å²) in [5.41, 5.74) is 0.372. The lowest BCUT2D eigenvalue weighted by Gasteiger charge is -2.33. The number of ether oxygens (including phenoxy) is 1. The predicted octanol–water partition coefficient (Wildman–Crippen LogP) is 3.54. The van der Waals surface area contributed by atoms with E-state index in [4.69, 9.17) is 4.74 Å². The minimum atomic E-state index is -3.94. The van der Waals surface area contributed by atoms with Crippen LogP contribution in [0.15, 0.2) is 59.5 Å². The summed E-state index contributed by atoms with van der Waals surface area (Å²) in [6, 6.07) is 15.1. The number of piperidine rings is 1.